The highest BCUT2D eigenvalue weighted by molar-refractivity contribution is 5.89. The SMILES string of the molecule is Nc1cccc2c1nc(N)n2Cc1ccccc1. The van der Waals surface area contributed by atoms with Gasteiger partial charge in [0.15, 0.2) is 0 Å². The minimum absolute atomic E-state index is 0.492. The lowest BCUT2D eigenvalue weighted by atomic mass is 10.2. The zero-order valence-electron chi connectivity index (χ0n) is 9.88. The third-order valence-corrected chi connectivity index (χ3v) is 3.02. The Morgan fingerprint density at radius 3 is 2.50 bits per heavy atom. The van der Waals surface area contributed by atoms with Gasteiger partial charge in [-0.05, 0) is 17.7 Å². The van der Waals surface area contributed by atoms with Gasteiger partial charge in [-0.25, -0.2) is 4.98 Å². The molecular formula is C14H14N4. The van der Waals surface area contributed by atoms with Crippen molar-refractivity contribution in [2.24, 2.45) is 0 Å². The second kappa shape index (κ2) is 4.07. The Labute approximate surface area is 105 Å². The zero-order chi connectivity index (χ0) is 12.5. The van der Waals surface area contributed by atoms with Crippen LogP contribution in [0.5, 0.6) is 0 Å². The summed E-state index contributed by atoms with van der Waals surface area (Å²) in [6, 6.07) is 15.9. The van der Waals surface area contributed by atoms with Gasteiger partial charge in [0, 0.05) is 0 Å². The molecule has 3 aromatic rings. The van der Waals surface area contributed by atoms with E-state index in [-0.39, 0.29) is 0 Å². The van der Waals surface area contributed by atoms with Crippen molar-refractivity contribution in [3.8, 4) is 0 Å². The fourth-order valence-electron chi connectivity index (χ4n) is 2.12. The van der Waals surface area contributed by atoms with Gasteiger partial charge in [-0.2, -0.15) is 0 Å². The number of rotatable bonds is 2. The number of hydrogen-bond donors (Lipinski definition) is 2. The molecule has 0 atom stereocenters. The third-order valence-electron chi connectivity index (χ3n) is 3.02. The molecule has 0 aliphatic rings. The first-order chi connectivity index (χ1) is 8.75. The fraction of sp³-hybridized carbons (Fsp3) is 0.0714. The highest BCUT2D eigenvalue weighted by Crippen LogP contribution is 2.23. The molecule has 0 saturated carbocycles. The molecule has 0 bridgehead atoms. The molecule has 0 fully saturated rings. The summed E-state index contributed by atoms with van der Waals surface area (Å²) in [6.45, 7) is 0.701. The van der Waals surface area contributed by atoms with E-state index in [1.165, 1.54) is 5.56 Å². The number of nitrogens with zero attached hydrogens (tertiary/aromatic N) is 2. The summed E-state index contributed by atoms with van der Waals surface area (Å²) in [5.74, 6) is 0.492. The molecule has 0 saturated heterocycles. The number of para-hydroxylation sites is 1. The molecule has 1 aromatic heterocycles. The lowest BCUT2D eigenvalue weighted by Gasteiger charge is -2.06. The molecule has 18 heavy (non-hydrogen) atoms. The first-order valence-electron chi connectivity index (χ1n) is 5.80. The van der Waals surface area contributed by atoms with E-state index in [1.807, 2.05) is 41.0 Å². The summed E-state index contributed by atoms with van der Waals surface area (Å²) < 4.78 is 1.97. The number of nitrogens with two attached hydrogens (primary N) is 2. The van der Waals surface area contributed by atoms with E-state index in [1.54, 1.807) is 0 Å². The number of fused-ring (bicyclic) bond motifs is 1. The van der Waals surface area contributed by atoms with Gasteiger partial charge in [-0.15, -0.1) is 0 Å². The summed E-state index contributed by atoms with van der Waals surface area (Å²) in [7, 11) is 0. The first kappa shape index (κ1) is 10.7. The van der Waals surface area contributed by atoms with E-state index in [9.17, 15) is 0 Å². The van der Waals surface area contributed by atoms with Crippen LogP contribution in [-0.4, -0.2) is 9.55 Å². The Morgan fingerprint density at radius 2 is 1.72 bits per heavy atom. The zero-order valence-corrected chi connectivity index (χ0v) is 9.88. The molecule has 1 heterocycles. The van der Waals surface area contributed by atoms with Gasteiger partial charge in [0.1, 0.15) is 5.52 Å². The highest BCUT2D eigenvalue weighted by Gasteiger charge is 2.10. The lowest BCUT2D eigenvalue weighted by molar-refractivity contribution is 0.838. The monoisotopic (exact) mass is 238 g/mol. The topological polar surface area (TPSA) is 69.9 Å². The number of imidazole rings is 1. The summed E-state index contributed by atoms with van der Waals surface area (Å²) in [6.07, 6.45) is 0. The van der Waals surface area contributed by atoms with Crippen LogP contribution in [0.25, 0.3) is 11.0 Å². The van der Waals surface area contributed by atoms with Gasteiger partial charge < -0.3 is 16.0 Å². The number of nitrogen functional groups attached to an aromatic ring is 2. The van der Waals surface area contributed by atoms with E-state index in [4.69, 9.17) is 11.5 Å². The molecule has 90 valence electrons. The van der Waals surface area contributed by atoms with Crippen molar-refractivity contribution in [3.05, 3.63) is 54.1 Å². The quantitative estimate of drug-likeness (QED) is 0.673. The van der Waals surface area contributed by atoms with Crippen molar-refractivity contribution in [3.63, 3.8) is 0 Å². The van der Waals surface area contributed by atoms with Crippen molar-refractivity contribution in [1.82, 2.24) is 9.55 Å². The average Bonchev–Trinajstić information content (AvgIpc) is 2.70. The predicted molar refractivity (Wildman–Crippen MR) is 74.1 cm³/mol. The van der Waals surface area contributed by atoms with Gasteiger partial charge >= 0.3 is 0 Å². The van der Waals surface area contributed by atoms with E-state index in [2.05, 4.69) is 17.1 Å². The fourth-order valence-corrected chi connectivity index (χ4v) is 2.12. The second-order valence-electron chi connectivity index (χ2n) is 4.26. The standard InChI is InChI=1S/C14H14N4/c15-11-7-4-8-12-13(11)17-14(16)18(12)9-10-5-2-1-3-6-10/h1-8H,9,15H2,(H2,16,17). The Hall–Kier alpha value is -2.49. The number of hydrogen-bond acceptors (Lipinski definition) is 3. The van der Waals surface area contributed by atoms with E-state index in [0.717, 1.165) is 11.0 Å². The smallest absolute Gasteiger partial charge is 0.201 e. The predicted octanol–water partition coefficient (Wildman–Crippen LogP) is 2.25. The van der Waals surface area contributed by atoms with Crippen molar-refractivity contribution in [1.29, 1.82) is 0 Å². The van der Waals surface area contributed by atoms with Crippen LogP contribution in [0, 0.1) is 0 Å². The molecule has 0 radical (unpaired) electrons. The van der Waals surface area contributed by atoms with E-state index >= 15 is 0 Å². The summed E-state index contributed by atoms with van der Waals surface area (Å²) >= 11 is 0. The molecule has 3 rings (SSSR count). The van der Waals surface area contributed by atoms with Crippen LogP contribution in [0.1, 0.15) is 5.56 Å². The van der Waals surface area contributed by atoms with E-state index < -0.39 is 0 Å². The van der Waals surface area contributed by atoms with Gasteiger partial charge in [0.25, 0.3) is 0 Å². The maximum absolute atomic E-state index is 5.97. The Morgan fingerprint density at radius 1 is 0.944 bits per heavy atom. The normalized spacial score (nSPS) is 10.9. The first-order valence-corrected chi connectivity index (χ1v) is 5.80. The number of benzene rings is 2. The lowest BCUT2D eigenvalue weighted by Crippen LogP contribution is -2.04. The maximum Gasteiger partial charge on any atom is 0.201 e. The minimum Gasteiger partial charge on any atom is -0.397 e. The maximum atomic E-state index is 5.97. The molecule has 0 amide bonds. The Kier molecular flexibility index (Phi) is 2.41. The second-order valence-corrected chi connectivity index (χ2v) is 4.26. The van der Waals surface area contributed by atoms with Crippen LogP contribution < -0.4 is 11.5 Å². The third kappa shape index (κ3) is 1.68. The van der Waals surface area contributed by atoms with Gasteiger partial charge in [0.05, 0.1) is 17.7 Å². The minimum atomic E-state index is 0.492. The van der Waals surface area contributed by atoms with Crippen LogP contribution in [0.15, 0.2) is 48.5 Å². The van der Waals surface area contributed by atoms with Crippen LogP contribution in [0.2, 0.25) is 0 Å². The molecular weight excluding hydrogens is 224 g/mol. The molecule has 4 N–H and O–H groups in total. The van der Waals surface area contributed by atoms with Crippen molar-refractivity contribution < 1.29 is 0 Å². The average molecular weight is 238 g/mol. The summed E-state index contributed by atoms with van der Waals surface area (Å²) in [4.78, 5) is 4.32. The number of anilines is 2. The van der Waals surface area contributed by atoms with Gasteiger partial charge in [-0.3, -0.25) is 0 Å². The van der Waals surface area contributed by atoms with Crippen LogP contribution in [-0.2, 0) is 6.54 Å². The van der Waals surface area contributed by atoms with Crippen molar-refractivity contribution in [2.45, 2.75) is 6.54 Å². The molecule has 4 nitrogen and oxygen atoms in total. The summed E-state index contributed by atoms with van der Waals surface area (Å²) in [5.41, 5.74) is 15.4. The molecule has 0 aliphatic carbocycles. The molecule has 2 aromatic carbocycles. The van der Waals surface area contributed by atoms with Gasteiger partial charge in [-0.1, -0.05) is 36.4 Å². The molecule has 0 unspecified atom stereocenters. The van der Waals surface area contributed by atoms with E-state index in [0.29, 0.717) is 18.2 Å². The Balaban J connectivity index is 2.12. The largest absolute Gasteiger partial charge is 0.397 e. The van der Waals surface area contributed by atoms with Crippen LogP contribution in [0.4, 0.5) is 11.6 Å². The van der Waals surface area contributed by atoms with Crippen molar-refractivity contribution in [2.75, 3.05) is 11.5 Å². The Bertz CT molecular complexity index is 686. The molecule has 0 spiro atoms. The van der Waals surface area contributed by atoms with Crippen LogP contribution in [0.3, 0.4) is 0 Å². The summed E-state index contributed by atoms with van der Waals surface area (Å²) in [5, 5.41) is 0. The number of aromatic nitrogens is 2. The highest BCUT2D eigenvalue weighted by atomic mass is 15.2. The van der Waals surface area contributed by atoms with Crippen LogP contribution >= 0.6 is 0 Å². The molecule has 0 aliphatic heterocycles. The van der Waals surface area contributed by atoms with Gasteiger partial charge in [0.2, 0.25) is 5.95 Å². The molecule has 4 heteroatoms. The van der Waals surface area contributed by atoms with Crippen molar-refractivity contribution >= 4 is 22.7 Å².